The molecule has 0 atom stereocenters. The summed E-state index contributed by atoms with van der Waals surface area (Å²) in [7, 11) is 0. The molecule has 14 heavy (non-hydrogen) atoms. The standard InChI is InChI=1S/C7H7N5O2/c1-3-5(13)8-7-10-9-4(2)6(14)12(7)11-3/h1-2H3,(H,8,10,13). The van der Waals surface area contributed by atoms with E-state index in [2.05, 4.69) is 20.3 Å². The Labute approximate surface area is 77.4 Å². The third kappa shape index (κ3) is 1.10. The molecule has 0 aliphatic rings. The maximum atomic E-state index is 11.5. The van der Waals surface area contributed by atoms with Crippen molar-refractivity contribution in [2.45, 2.75) is 13.8 Å². The van der Waals surface area contributed by atoms with E-state index in [9.17, 15) is 9.59 Å². The average molecular weight is 193 g/mol. The minimum atomic E-state index is -0.380. The Balaban J connectivity index is 3.05. The molecular weight excluding hydrogens is 186 g/mol. The summed E-state index contributed by atoms with van der Waals surface area (Å²) in [5.41, 5.74) is -0.301. The molecule has 2 aromatic rings. The van der Waals surface area contributed by atoms with Gasteiger partial charge in [-0.25, -0.2) is 0 Å². The Morgan fingerprint density at radius 3 is 2.57 bits per heavy atom. The highest BCUT2D eigenvalue weighted by atomic mass is 16.1. The minimum absolute atomic E-state index is 0.0520. The molecule has 0 amide bonds. The second-order valence-electron chi connectivity index (χ2n) is 2.87. The summed E-state index contributed by atoms with van der Waals surface area (Å²) >= 11 is 0. The first-order valence-corrected chi connectivity index (χ1v) is 3.93. The van der Waals surface area contributed by atoms with Gasteiger partial charge in [0.05, 0.1) is 0 Å². The Hall–Kier alpha value is -2.05. The van der Waals surface area contributed by atoms with Gasteiger partial charge in [0.2, 0.25) is 0 Å². The van der Waals surface area contributed by atoms with E-state index in [4.69, 9.17) is 0 Å². The van der Waals surface area contributed by atoms with Crippen LogP contribution in [0.25, 0.3) is 5.78 Å². The molecule has 0 aliphatic heterocycles. The lowest BCUT2D eigenvalue weighted by atomic mass is 10.5. The van der Waals surface area contributed by atoms with Crippen molar-refractivity contribution < 1.29 is 0 Å². The van der Waals surface area contributed by atoms with E-state index < -0.39 is 0 Å². The van der Waals surface area contributed by atoms with Crippen molar-refractivity contribution in [3.63, 3.8) is 0 Å². The number of hydrogen-bond donors (Lipinski definition) is 1. The van der Waals surface area contributed by atoms with E-state index in [1.807, 2.05) is 0 Å². The summed E-state index contributed by atoms with van der Waals surface area (Å²) in [6.07, 6.45) is 0. The maximum Gasteiger partial charge on any atom is 0.297 e. The van der Waals surface area contributed by atoms with Crippen LogP contribution in [0.3, 0.4) is 0 Å². The van der Waals surface area contributed by atoms with Crippen LogP contribution in [-0.4, -0.2) is 24.8 Å². The SMILES string of the molecule is Cc1nn2c(=O)c(C)nnc2[nH]c1=O. The summed E-state index contributed by atoms with van der Waals surface area (Å²) in [6.45, 7) is 3.05. The van der Waals surface area contributed by atoms with Gasteiger partial charge in [-0.1, -0.05) is 0 Å². The number of nitrogens with one attached hydrogen (secondary N) is 1. The number of aromatic nitrogens is 5. The largest absolute Gasteiger partial charge is 0.297 e. The van der Waals surface area contributed by atoms with Crippen molar-refractivity contribution in [2.75, 3.05) is 0 Å². The highest BCUT2D eigenvalue weighted by Gasteiger charge is 2.05. The van der Waals surface area contributed by atoms with Gasteiger partial charge < -0.3 is 0 Å². The van der Waals surface area contributed by atoms with Crippen LogP contribution in [0.4, 0.5) is 0 Å². The van der Waals surface area contributed by atoms with E-state index in [0.29, 0.717) is 0 Å². The summed E-state index contributed by atoms with van der Waals surface area (Å²) in [4.78, 5) is 25.0. The maximum absolute atomic E-state index is 11.5. The lowest BCUT2D eigenvalue weighted by Crippen LogP contribution is -2.27. The first-order valence-electron chi connectivity index (χ1n) is 3.93. The van der Waals surface area contributed by atoms with Crippen molar-refractivity contribution in [1.82, 2.24) is 24.8 Å². The van der Waals surface area contributed by atoms with E-state index in [0.717, 1.165) is 4.52 Å². The minimum Gasteiger partial charge on any atom is -0.288 e. The van der Waals surface area contributed by atoms with Gasteiger partial charge in [-0.05, 0) is 13.8 Å². The van der Waals surface area contributed by atoms with Crippen LogP contribution in [0.1, 0.15) is 11.4 Å². The highest BCUT2D eigenvalue weighted by Crippen LogP contribution is 1.85. The normalized spacial score (nSPS) is 10.7. The molecular formula is C7H7N5O2. The topological polar surface area (TPSA) is 93.0 Å². The van der Waals surface area contributed by atoms with Gasteiger partial charge in [0.15, 0.2) is 0 Å². The van der Waals surface area contributed by atoms with Gasteiger partial charge in [-0.3, -0.25) is 14.6 Å². The van der Waals surface area contributed by atoms with Gasteiger partial charge in [0, 0.05) is 0 Å². The van der Waals surface area contributed by atoms with Gasteiger partial charge in [-0.15, -0.1) is 10.2 Å². The number of nitrogens with zero attached hydrogens (tertiary/aromatic N) is 4. The average Bonchev–Trinajstić information content (AvgIpc) is 2.15. The quantitative estimate of drug-likeness (QED) is 0.566. The smallest absolute Gasteiger partial charge is 0.288 e. The molecule has 2 heterocycles. The Morgan fingerprint density at radius 2 is 1.86 bits per heavy atom. The molecule has 0 aliphatic carbocycles. The highest BCUT2D eigenvalue weighted by molar-refractivity contribution is 5.22. The lowest BCUT2D eigenvalue weighted by Gasteiger charge is -1.98. The second kappa shape index (κ2) is 2.72. The van der Waals surface area contributed by atoms with E-state index in [1.54, 1.807) is 0 Å². The molecule has 0 unspecified atom stereocenters. The monoisotopic (exact) mass is 193 g/mol. The second-order valence-corrected chi connectivity index (χ2v) is 2.87. The summed E-state index contributed by atoms with van der Waals surface area (Å²) in [6, 6.07) is 0. The first-order chi connectivity index (χ1) is 6.59. The molecule has 0 saturated carbocycles. The van der Waals surface area contributed by atoms with E-state index in [1.165, 1.54) is 13.8 Å². The molecule has 0 saturated heterocycles. The van der Waals surface area contributed by atoms with Crippen LogP contribution in [0, 0.1) is 13.8 Å². The summed E-state index contributed by atoms with van der Waals surface area (Å²) < 4.78 is 1.03. The van der Waals surface area contributed by atoms with Crippen LogP contribution >= 0.6 is 0 Å². The number of H-pyrrole nitrogens is 1. The van der Waals surface area contributed by atoms with Crippen LogP contribution < -0.4 is 11.1 Å². The molecule has 2 aromatic heterocycles. The van der Waals surface area contributed by atoms with Crippen molar-refractivity contribution in [1.29, 1.82) is 0 Å². The van der Waals surface area contributed by atoms with E-state index >= 15 is 0 Å². The zero-order valence-corrected chi connectivity index (χ0v) is 7.61. The van der Waals surface area contributed by atoms with Crippen molar-refractivity contribution >= 4 is 5.78 Å². The van der Waals surface area contributed by atoms with E-state index in [-0.39, 0.29) is 28.3 Å². The van der Waals surface area contributed by atoms with Gasteiger partial charge in [0.25, 0.3) is 16.9 Å². The summed E-state index contributed by atoms with van der Waals surface area (Å²) in [5.74, 6) is 0.0520. The van der Waals surface area contributed by atoms with Crippen molar-refractivity contribution in [3.05, 3.63) is 32.1 Å². The Morgan fingerprint density at radius 1 is 1.14 bits per heavy atom. The number of aromatic amines is 1. The fourth-order valence-electron chi connectivity index (χ4n) is 1.02. The van der Waals surface area contributed by atoms with Gasteiger partial charge in [-0.2, -0.15) is 9.61 Å². The first kappa shape index (κ1) is 8.54. The zero-order chi connectivity index (χ0) is 10.3. The number of fused-ring (bicyclic) bond motifs is 1. The molecule has 0 fully saturated rings. The van der Waals surface area contributed by atoms with Crippen LogP contribution in [0.5, 0.6) is 0 Å². The van der Waals surface area contributed by atoms with Crippen molar-refractivity contribution in [3.8, 4) is 0 Å². The van der Waals surface area contributed by atoms with Crippen LogP contribution in [0.15, 0.2) is 9.59 Å². The van der Waals surface area contributed by atoms with Gasteiger partial charge >= 0.3 is 0 Å². The molecule has 7 nitrogen and oxygen atoms in total. The fraction of sp³-hybridized carbons (Fsp3) is 0.286. The molecule has 0 spiro atoms. The Kier molecular flexibility index (Phi) is 1.66. The lowest BCUT2D eigenvalue weighted by molar-refractivity contribution is 0.752. The van der Waals surface area contributed by atoms with Crippen molar-refractivity contribution in [2.24, 2.45) is 0 Å². The third-order valence-corrected chi connectivity index (χ3v) is 1.80. The number of aryl methyl sites for hydroxylation is 2. The Bertz CT molecular complexity index is 611. The zero-order valence-electron chi connectivity index (χ0n) is 7.61. The third-order valence-electron chi connectivity index (χ3n) is 1.80. The molecule has 7 heteroatoms. The predicted molar refractivity (Wildman–Crippen MR) is 47.1 cm³/mol. The molecule has 2 rings (SSSR count). The number of hydrogen-bond acceptors (Lipinski definition) is 5. The molecule has 1 N–H and O–H groups in total. The summed E-state index contributed by atoms with van der Waals surface area (Å²) in [5, 5.41) is 11.0. The van der Waals surface area contributed by atoms with Crippen LogP contribution in [-0.2, 0) is 0 Å². The van der Waals surface area contributed by atoms with Gasteiger partial charge in [0.1, 0.15) is 11.4 Å². The molecule has 0 bridgehead atoms. The molecule has 72 valence electrons. The molecule has 0 radical (unpaired) electrons. The van der Waals surface area contributed by atoms with Crippen LogP contribution in [0.2, 0.25) is 0 Å². The fourth-order valence-corrected chi connectivity index (χ4v) is 1.02. The number of rotatable bonds is 0. The predicted octanol–water partition coefficient (Wildman–Crippen LogP) is -1.21. The molecule has 0 aromatic carbocycles.